The number of hydrogen-bond donors (Lipinski definition) is 2. The molecule has 0 fully saturated rings. The number of nitrogens with one attached hydrogen (secondary N) is 1. The van der Waals surface area contributed by atoms with E-state index in [2.05, 4.69) is 35.0 Å². The van der Waals surface area contributed by atoms with Crippen LogP contribution in [0.1, 0.15) is 25.0 Å². The fourth-order valence-corrected chi connectivity index (χ4v) is 3.48. The molecule has 0 unspecified atom stereocenters. The zero-order valence-electron chi connectivity index (χ0n) is 18.9. The Kier molecular flexibility index (Phi) is 7.36. The average molecular weight is 439 g/mol. The lowest BCUT2D eigenvalue weighted by Crippen LogP contribution is -2.14. The maximum absolute atomic E-state index is 15.5. The van der Waals surface area contributed by atoms with Gasteiger partial charge in [-0.2, -0.15) is 0 Å². The van der Waals surface area contributed by atoms with Gasteiger partial charge >= 0.3 is 0 Å². The summed E-state index contributed by atoms with van der Waals surface area (Å²) < 4.78 is 15.5. The van der Waals surface area contributed by atoms with Crippen LogP contribution in [-0.2, 0) is 0 Å². The van der Waals surface area contributed by atoms with Crippen molar-refractivity contribution in [3.05, 3.63) is 127 Å². The van der Waals surface area contributed by atoms with E-state index in [1.807, 2.05) is 32.1 Å². The van der Waals surface area contributed by atoms with Gasteiger partial charge in [-0.05, 0) is 60.9 Å². The van der Waals surface area contributed by atoms with Gasteiger partial charge in [0.15, 0.2) is 0 Å². The second-order valence-electron chi connectivity index (χ2n) is 7.52. The van der Waals surface area contributed by atoms with Crippen molar-refractivity contribution in [2.45, 2.75) is 13.8 Å². The summed E-state index contributed by atoms with van der Waals surface area (Å²) in [5.41, 5.74) is 12.3. The molecule has 0 spiro atoms. The van der Waals surface area contributed by atoms with Crippen molar-refractivity contribution >= 4 is 16.8 Å². The number of nitrogens with two attached hydrogens (primary N) is 1. The Morgan fingerprint density at radius 3 is 2.39 bits per heavy atom. The molecule has 1 aromatic carbocycles. The van der Waals surface area contributed by atoms with E-state index < -0.39 is 5.82 Å². The fourth-order valence-electron chi connectivity index (χ4n) is 3.48. The molecule has 4 nitrogen and oxygen atoms in total. The lowest BCUT2D eigenvalue weighted by atomic mass is 9.95. The van der Waals surface area contributed by atoms with Gasteiger partial charge in [-0.1, -0.05) is 38.0 Å². The van der Waals surface area contributed by atoms with E-state index in [0.29, 0.717) is 22.4 Å². The van der Waals surface area contributed by atoms with Crippen molar-refractivity contribution in [1.82, 2.24) is 15.3 Å². The molecule has 33 heavy (non-hydrogen) atoms. The van der Waals surface area contributed by atoms with E-state index in [0.717, 1.165) is 22.4 Å². The van der Waals surface area contributed by atoms with E-state index in [9.17, 15) is 0 Å². The van der Waals surface area contributed by atoms with Gasteiger partial charge in [-0.3, -0.25) is 9.97 Å². The molecule has 2 aromatic heterocycles. The number of pyridine rings is 2. The molecule has 0 bridgehead atoms. The number of rotatable bonds is 8. The van der Waals surface area contributed by atoms with E-state index in [4.69, 9.17) is 5.73 Å². The van der Waals surface area contributed by atoms with Crippen LogP contribution in [-0.4, -0.2) is 9.97 Å². The largest absolute Gasteiger partial charge is 0.398 e. The molecule has 0 radical (unpaired) electrons. The van der Waals surface area contributed by atoms with Crippen molar-refractivity contribution < 1.29 is 4.39 Å². The molecule has 0 aliphatic rings. The summed E-state index contributed by atoms with van der Waals surface area (Å²) in [6, 6.07) is 10.7. The quantitative estimate of drug-likeness (QED) is 0.309. The third-order valence-corrected chi connectivity index (χ3v) is 5.39. The normalized spacial score (nSPS) is 12.0. The topological polar surface area (TPSA) is 63.8 Å². The number of allylic oxidation sites excluding steroid dienone is 6. The summed E-state index contributed by atoms with van der Waals surface area (Å²) in [5, 5.41) is 3.26. The monoisotopic (exact) mass is 438 g/mol. The summed E-state index contributed by atoms with van der Waals surface area (Å²) in [7, 11) is 0. The highest BCUT2D eigenvalue weighted by atomic mass is 19.1. The first-order valence-electron chi connectivity index (χ1n) is 10.4. The predicted octanol–water partition coefficient (Wildman–Crippen LogP) is 6.54. The Morgan fingerprint density at radius 2 is 1.76 bits per heavy atom. The van der Waals surface area contributed by atoms with Crippen LogP contribution in [0.25, 0.3) is 22.3 Å². The molecule has 166 valence electrons. The molecule has 0 amide bonds. The van der Waals surface area contributed by atoms with Gasteiger partial charge in [0.2, 0.25) is 0 Å². The molecular formula is C28H27FN4. The van der Waals surface area contributed by atoms with Gasteiger partial charge < -0.3 is 11.1 Å². The van der Waals surface area contributed by atoms with Crippen LogP contribution in [0.4, 0.5) is 10.1 Å². The molecule has 3 aromatic rings. The average Bonchev–Trinajstić information content (AvgIpc) is 2.83. The molecule has 5 heteroatoms. The molecule has 0 atom stereocenters. The predicted molar refractivity (Wildman–Crippen MR) is 136 cm³/mol. The van der Waals surface area contributed by atoms with Crippen molar-refractivity contribution in [3.63, 3.8) is 0 Å². The standard InChI is InChI=1S/C28H27FN4/c1-6-8-24(22-12-15-31-16-13-22)18(2)20(4)33-21(5)19(3)27-26(30)11-10-25(28(27)29)23-9-7-14-32-17-23/h6-17,33H,1,3,5,30H2,2,4H3/b20-18+,24-8+. The Labute approximate surface area is 194 Å². The molecule has 0 saturated carbocycles. The fraction of sp³-hybridized carbons (Fsp3) is 0.0714. The maximum Gasteiger partial charge on any atom is 0.141 e. The van der Waals surface area contributed by atoms with Crippen molar-refractivity contribution in [3.8, 4) is 11.1 Å². The highest BCUT2D eigenvalue weighted by molar-refractivity contribution is 5.87. The van der Waals surface area contributed by atoms with Gasteiger partial charge in [-0.15, -0.1) is 0 Å². The number of anilines is 1. The lowest BCUT2D eigenvalue weighted by Gasteiger charge is -2.19. The van der Waals surface area contributed by atoms with Crippen LogP contribution in [0, 0.1) is 5.82 Å². The molecular weight excluding hydrogens is 411 g/mol. The van der Waals surface area contributed by atoms with Gasteiger partial charge in [0, 0.05) is 64.1 Å². The molecule has 2 heterocycles. The molecule has 0 aliphatic carbocycles. The lowest BCUT2D eigenvalue weighted by molar-refractivity contribution is 0.628. The number of halogens is 1. The van der Waals surface area contributed by atoms with E-state index in [1.54, 1.807) is 55.1 Å². The van der Waals surface area contributed by atoms with Crippen LogP contribution < -0.4 is 11.1 Å². The van der Waals surface area contributed by atoms with Crippen LogP contribution >= 0.6 is 0 Å². The second-order valence-corrected chi connectivity index (χ2v) is 7.52. The summed E-state index contributed by atoms with van der Waals surface area (Å²) in [6.07, 6.45) is 10.4. The third-order valence-electron chi connectivity index (χ3n) is 5.39. The number of aromatic nitrogens is 2. The van der Waals surface area contributed by atoms with E-state index >= 15 is 4.39 Å². The van der Waals surface area contributed by atoms with E-state index in [1.165, 1.54) is 0 Å². The minimum atomic E-state index is -0.460. The Balaban J connectivity index is 1.93. The van der Waals surface area contributed by atoms with Crippen LogP contribution in [0.15, 0.2) is 110 Å². The zero-order chi connectivity index (χ0) is 24.0. The second kappa shape index (κ2) is 10.4. The number of benzene rings is 1. The summed E-state index contributed by atoms with van der Waals surface area (Å²) in [5.74, 6) is -0.460. The molecule has 3 N–H and O–H groups in total. The highest BCUT2D eigenvalue weighted by Crippen LogP contribution is 2.34. The highest BCUT2D eigenvalue weighted by Gasteiger charge is 2.18. The Morgan fingerprint density at radius 1 is 1.03 bits per heavy atom. The summed E-state index contributed by atoms with van der Waals surface area (Å²) in [4.78, 5) is 8.16. The first kappa shape index (κ1) is 23.4. The zero-order valence-corrected chi connectivity index (χ0v) is 18.9. The molecule has 0 aliphatic heterocycles. The van der Waals surface area contributed by atoms with Crippen molar-refractivity contribution in [2.75, 3.05) is 5.73 Å². The van der Waals surface area contributed by atoms with Crippen molar-refractivity contribution in [1.29, 1.82) is 0 Å². The summed E-state index contributed by atoms with van der Waals surface area (Å²) in [6.45, 7) is 15.9. The van der Waals surface area contributed by atoms with Gasteiger partial charge in [0.05, 0.1) is 0 Å². The first-order valence-corrected chi connectivity index (χ1v) is 10.4. The van der Waals surface area contributed by atoms with Crippen molar-refractivity contribution in [2.24, 2.45) is 0 Å². The number of nitrogens with zero attached hydrogens (tertiary/aromatic N) is 2. The van der Waals surface area contributed by atoms with Crippen LogP contribution in [0.2, 0.25) is 0 Å². The third kappa shape index (κ3) is 5.15. The Bertz CT molecular complexity index is 1260. The van der Waals surface area contributed by atoms with Crippen LogP contribution in [0.3, 0.4) is 0 Å². The van der Waals surface area contributed by atoms with E-state index in [-0.39, 0.29) is 11.3 Å². The SMILES string of the molecule is C=C/C=C(\C(C)=C(/C)NC(=C)C(=C)c1c(N)ccc(-c2cccnc2)c1F)c1ccncc1. The minimum Gasteiger partial charge on any atom is -0.398 e. The maximum atomic E-state index is 15.5. The van der Waals surface area contributed by atoms with Gasteiger partial charge in [0.1, 0.15) is 5.82 Å². The molecule has 0 saturated heterocycles. The first-order chi connectivity index (χ1) is 15.8. The Hall–Kier alpha value is -4.25. The smallest absolute Gasteiger partial charge is 0.141 e. The number of nitrogen functional groups attached to an aromatic ring is 1. The summed E-state index contributed by atoms with van der Waals surface area (Å²) >= 11 is 0. The van der Waals surface area contributed by atoms with Gasteiger partial charge in [0.25, 0.3) is 0 Å². The van der Waals surface area contributed by atoms with Gasteiger partial charge in [-0.25, -0.2) is 4.39 Å². The minimum absolute atomic E-state index is 0.218. The molecule has 3 rings (SSSR count). The van der Waals surface area contributed by atoms with Crippen LogP contribution in [0.5, 0.6) is 0 Å². The number of hydrogen-bond acceptors (Lipinski definition) is 4.